The molecule has 0 aliphatic heterocycles. The number of nitrogens with one attached hydrogen (secondary N) is 1. The molecule has 2 unspecified atom stereocenters. The van der Waals surface area contributed by atoms with Crippen LogP contribution in [-0.2, 0) is 0 Å². The van der Waals surface area contributed by atoms with Crippen LogP contribution in [0.2, 0.25) is 0 Å². The average molecular weight is 288 g/mol. The van der Waals surface area contributed by atoms with Crippen molar-refractivity contribution in [2.24, 2.45) is 5.92 Å². The Morgan fingerprint density at radius 1 is 1.25 bits per heavy atom. The lowest BCUT2D eigenvalue weighted by molar-refractivity contribution is -0.384. The molecule has 2 atom stereocenters. The fourth-order valence-electron chi connectivity index (χ4n) is 2.62. The van der Waals surface area contributed by atoms with Gasteiger partial charge >= 0.3 is 6.18 Å². The van der Waals surface area contributed by atoms with Gasteiger partial charge in [0.1, 0.15) is 0 Å². The second kappa shape index (κ2) is 5.68. The first-order valence-corrected chi connectivity index (χ1v) is 6.45. The standard InChI is InChI=1S/C13H15F3N2O2/c14-13(15,16)11-6-1-2-7-12(11)17-9-4-3-5-10(8-9)18(19)20/h3-5,8,11-12,17H,1-2,6-7H2. The Morgan fingerprint density at radius 3 is 2.60 bits per heavy atom. The summed E-state index contributed by atoms with van der Waals surface area (Å²) in [5.74, 6) is -1.39. The molecule has 0 spiro atoms. The lowest BCUT2D eigenvalue weighted by atomic mass is 9.84. The maximum absolute atomic E-state index is 13.0. The van der Waals surface area contributed by atoms with E-state index in [9.17, 15) is 23.3 Å². The smallest absolute Gasteiger partial charge is 0.381 e. The molecule has 1 aliphatic carbocycles. The van der Waals surface area contributed by atoms with Crippen LogP contribution in [0.4, 0.5) is 24.5 Å². The lowest BCUT2D eigenvalue weighted by Crippen LogP contribution is -2.41. The summed E-state index contributed by atoms with van der Waals surface area (Å²) < 4.78 is 38.9. The van der Waals surface area contributed by atoms with E-state index < -0.39 is 23.1 Å². The summed E-state index contributed by atoms with van der Waals surface area (Å²) >= 11 is 0. The molecule has 1 fully saturated rings. The van der Waals surface area contributed by atoms with Crippen LogP contribution in [0.1, 0.15) is 25.7 Å². The van der Waals surface area contributed by atoms with E-state index in [1.165, 1.54) is 18.2 Å². The van der Waals surface area contributed by atoms with Gasteiger partial charge in [-0.2, -0.15) is 13.2 Å². The third-order valence-corrected chi connectivity index (χ3v) is 3.60. The van der Waals surface area contributed by atoms with E-state index >= 15 is 0 Å². The first-order chi connectivity index (χ1) is 9.38. The number of nitrogens with zero attached hydrogens (tertiary/aromatic N) is 1. The van der Waals surface area contributed by atoms with E-state index in [2.05, 4.69) is 5.32 Å². The van der Waals surface area contributed by atoms with E-state index in [0.29, 0.717) is 18.5 Å². The Morgan fingerprint density at radius 2 is 1.95 bits per heavy atom. The predicted molar refractivity (Wildman–Crippen MR) is 68.5 cm³/mol. The minimum atomic E-state index is -4.24. The van der Waals surface area contributed by atoms with E-state index in [4.69, 9.17) is 0 Å². The van der Waals surface area contributed by atoms with Crippen LogP contribution in [0.3, 0.4) is 0 Å². The van der Waals surface area contributed by atoms with Crippen LogP contribution in [0, 0.1) is 16.0 Å². The van der Waals surface area contributed by atoms with Crippen LogP contribution >= 0.6 is 0 Å². The molecule has 1 aliphatic rings. The van der Waals surface area contributed by atoms with Gasteiger partial charge in [0.2, 0.25) is 0 Å². The highest BCUT2D eigenvalue weighted by Gasteiger charge is 2.45. The summed E-state index contributed by atoms with van der Waals surface area (Å²) in [5.41, 5.74) is 0.231. The summed E-state index contributed by atoms with van der Waals surface area (Å²) in [4.78, 5) is 10.1. The summed E-state index contributed by atoms with van der Waals surface area (Å²) in [6, 6.07) is 4.88. The third kappa shape index (κ3) is 3.40. The van der Waals surface area contributed by atoms with Crippen molar-refractivity contribution in [3.63, 3.8) is 0 Å². The number of anilines is 1. The van der Waals surface area contributed by atoms with Gasteiger partial charge in [-0.3, -0.25) is 10.1 Å². The van der Waals surface area contributed by atoms with Crippen LogP contribution < -0.4 is 5.32 Å². The van der Waals surface area contributed by atoms with Gasteiger partial charge in [-0.05, 0) is 18.9 Å². The molecule has 4 nitrogen and oxygen atoms in total. The number of benzene rings is 1. The number of rotatable bonds is 3. The van der Waals surface area contributed by atoms with Gasteiger partial charge in [0, 0.05) is 23.9 Å². The second-order valence-corrected chi connectivity index (χ2v) is 4.99. The Bertz CT molecular complexity index is 491. The number of halogens is 3. The van der Waals surface area contributed by atoms with Crippen molar-refractivity contribution < 1.29 is 18.1 Å². The summed E-state index contributed by atoms with van der Waals surface area (Å²) in [7, 11) is 0. The molecule has 1 aromatic carbocycles. The molecule has 0 amide bonds. The SMILES string of the molecule is O=[N+]([O-])c1cccc(NC2CCCCC2C(F)(F)F)c1. The van der Waals surface area contributed by atoms with Crippen LogP contribution in [0.5, 0.6) is 0 Å². The molecule has 0 saturated heterocycles. The van der Waals surface area contributed by atoms with E-state index in [1.807, 2.05) is 0 Å². The quantitative estimate of drug-likeness (QED) is 0.672. The second-order valence-electron chi connectivity index (χ2n) is 4.99. The molecule has 0 bridgehead atoms. The zero-order valence-corrected chi connectivity index (χ0v) is 10.7. The van der Waals surface area contributed by atoms with Crippen molar-refractivity contribution in [1.29, 1.82) is 0 Å². The van der Waals surface area contributed by atoms with Gasteiger partial charge in [-0.15, -0.1) is 0 Å². The van der Waals surface area contributed by atoms with Crippen molar-refractivity contribution in [2.75, 3.05) is 5.32 Å². The molecule has 0 radical (unpaired) electrons. The Balaban J connectivity index is 2.14. The zero-order chi connectivity index (χ0) is 14.8. The molecule has 1 aromatic rings. The first-order valence-electron chi connectivity index (χ1n) is 6.45. The highest BCUT2D eigenvalue weighted by molar-refractivity contribution is 5.51. The van der Waals surface area contributed by atoms with Crippen molar-refractivity contribution in [3.8, 4) is 0 Å². The number of nitro groups is 1. The highest BCUT2D eigenvalue weighted by atomic mass is 19.4. The minimum Gasteiger partial charge on any atom is -0.381 e. The predicted octanol–water partition coefficient (Wildman–Crippen LogP) is 4.13. The summed E-state index contributed by atoms with van der Waals surface area (Å²) in [6.07, 6.45) is -2.40. The summed E-state index contributed by atoms with van der Waals surface area (Å²) in [5, 5.41) is 13.5. The Hall–Kier alpha value is -1.79. The topological polar surface area (TPSA) is 55.2 Å². The molecule has 0 heterocycles. The highest BCUT2D eigenvalue weighted by Crippen LogP contribution is 2.39. The Labute approximate surface area is 114 Å². The molecule has 7 heteroatoms. The molecular formula is C13H15F3N2O2. The Kier molecular flexibility index (Phi) is 4.15. The minimum absolute atomic E-state index is 0.107. The van der Waals surface area contributed by atoms with E-state index in [-0.39, 0.29) is 12.1 Å². The lowest BCUT2D eigenvalue weighted by Gasteiger charge is -2.34. The van der Waals surface area contributed by atoms with Gasteiger partial charge in [0.05, 0.1) is 10.8 Å². The van der Waals surface area contributed by atoms with Gasteiger partial charge in [-0.25, -0.2) is 0 Å². The van der Waals surface area contributed by atoms with Crippen LogP contribution in [0.15, 0.2) is 24.3 Å². The number of non-ortho nitro benzene ring substituents is 1. The van der Waals surface area contributed by atoms with Gasteiger partial charge in [0.25, 0.3) is 5.69 Å². The van der Waals surface area contributed by atoms with Crippen molar-refractivity contribution in [3.05, 3.63) is 34.4 Å². The molecule has 2 rings (SSSR count). The first kappa shape index (κ1) is 14.6. The number of hydrogen-bond donors (Lipinski definition) is 1. The monoisotopic (exact) mass is 288 g/mol. The number of hydrogen-bond acceptors (Lipinski definition) is 3. The number of nitro benzene ring substituents is 1. The maximum atomic E-state index is 13.0. The van der Waals surface area contributed by atoms with Crippen molar-refractivity contribution in [1.82, 2.24) is 0 Å². The molecule has 110 valence electrons. The normalized spacial score (nSPS) is 23.4. The molecule has 20 heavy (non-hydrogen) atoms. The largest absolute Gasteiger partial charge is 0.393 e. The third-order valence-electron chi connectivity index (χ3n) is 3.60. The van der Waals surface area contributed by atoms with Crippen LogP contribution in [0.25, 0.3) is 0 Å². The number of alkyl halides is 3. The average Bonchev–Trinajstić information content (AvgIpc) is 2.38. The van der Waals surface area contributed by atoms with Crippen LogP contribution in [-0.4, -0.2) is 17.1 Å². The molecular weight excluding hydrogens is 273 g/mol. The van der Waals surface area contributed by atoms with Gasteiger partial charge in [0.15, 0.2) is 0 Å². The van der Waals surface area contributed by atoms with E-state index in [1.54, 1.807) is 6.07 Å². The van der Waals surface area contributed by atoms with E-state index in [0.717, 1.165) is 6.42 Å². The molecule has 1 saturated carbocycles. The summed E-state index contributed by atoms with van der Waals surface area (Å²) in [6.45, 7) is 0. The fraction of sp³-hybridized carbons (Fsp3) is 0.538. The maximum Gasteiger partial charge on any atom is 0.393 e. The fourth-order valence-corrected chi connectivity index (χ4v) is 2.62. The zero-order valence-electron chi connectivity index (χ0n) is 10.7. The van der Waals surface area contributed by atoms with Gasteiger partial charge < -0.3 is 5.32 Å². The van der Waals surface area contributed by atoms with Crippen molar-refractivity contribution in [2.45, 2.75) is 37.9 Å². The molecule has 0 aromatic heterocycles. The van der Waals surface area contributed by atoms with Gasteiger partial charge in [-0.1, -0.05) is 18.9 Å². The molecule has 1 N–H and O–H groups in total. The van der Waals surface area contributed by atoms with Crippen molar-refractivity contribution >= 4 is 11.4 Å².